The van der Waals surface area contributed by atoms with E-state index in [1.54, 1.807) is 50.2 Å². The number of pyridine rings is 1. The number of fused-ring (bicyclic) bond motifs is 1. The summed E-state index contributed by atoms with van der Waals surface area (Å²) in [5, 5.41) is 22.8. The molecule has 0 N–H and O–H groups in total. The van der Waals surface area contributed by atoms with Crippen LogP contribution in [0.2, 0.25) is 0 Å². The van der Waals surface area contributed by atoms with E-state index in [4.69, 9.17) is 9.47 Å². The molecule has 0 saturated carbocycles. The minimum absolute atomic E-state index is 0.0205. The molecule has 9 nitrogen and oxygen atoms in total. The van der Waals surface area contributed by atoms with Crippen LogP contribution in [0.5, 0.6) is 23.1 Å². The molecule has 9 heteroatoms. The molecule has 1 heterocycles. The van der Waals surface area contributed by atoms with Gasteiger partial charge in [-0.15, -0.1) is 0 Å². The Bertz CT molecular complexity index is 1270. The highest BCUT2D eigenvalue weighted by Crippen LogP contribution is 2.31. The fraction of sp³-hybridized carbons (Fsp3) is 0.0870. The molecule has 32 heavy (non-hydrogen) atoms. The van der Waals surface area contributed by atoms with E-state index in [0.717, 1.165) is 5.39 Å². The van der Waals surface area contributed by atoms with Gasteiger partial charge in [-0.05, 0) is 56.3 Å². The Labute approximate surface area is 182 Å². The van der Waals surface area contributed by atoms with Crippen molar-refractivity contribution in [3.63, 3.8) is 0 Å². The van der Waals surface area contributed by atoms with Crippen LogP contribution in [0, 0.1) is 34.1 Å². The molecule has 0 spiro atoms. The molecule has 0 aliphatic carbocycles. The summed E-state index contributed by atoms with van der Waals surface area (Å²) in [6.07, 6.45) is 0. The van der Waals surface area contributed by atoms with E-state index in [1.807, 2.05) is 12.1 Å². The molecule has 1 aromatic heterocycles. The third-order valence-electron chi connectivity index (χ3n) is 4.83. The molecule has 4 aromatic rings. The molecule has 0 amide bonds. The van der Waals surface area contributed by atoms with Crippen LogP contribution in [0.25, 0.3) is 10.9 Å². The lowest BCUT2D eigenvalue weighted by Crippen LogP contribution is -1.94. The Morgan fingerprint density at radius 2 is 1.19 bits per heavy atom. The van der Waals surface area contributed by atoms with Gasteiger partial charge in [-0.2, -0.15) is 0 Å². The fourth-order valence-electron chi connectivity index (χ4n) is 3.25. The first-order valence-corrected chi connectivity index (χ1v) is 9.57. The van der Waals surface area contributed by atoms with E-state index >= 15 is 0 Å². The second-order valence-electron chi connectivity index (χ2n) is 7.12. The Kier molecular flexibility index (Phi) is 5.38. The second-order valence-corrected chi connectivity index (χ2v) is 7.12. The van der Waals surface area contributed by atoms with E-state index in [1.165, 1.54) is 18.2 Å². The maximum atomic E-state index is 11.0. The van der Waals surface area contributed by atoms with Crippen LogP contribution in [0.1, 0.15) is 11.1 Å². The van der Waals surface area contributed by atoms with Gasteiger partial charge in [0.05, 0.1) is 15.4 Å². The molecule has 0 bridgehead atoms. The Balaban J connectivity index is 1.58. The average Bonchev–Trinajstić information content (AvgIpc) is 2.73. The fourth-order valence-corrected chi connectivity index (χ4v) is 3.25. The van der Waals surface area contributed by atoms with Crippen molar-refractivity contribution in [3.8, 4) is 23.1 Å². The zero-order chi connectivity index (χ0) is 22.8. The van der Waals surface area contributed by atoms with Gasteiger partial charge < -0.3 is 9.47 Å². The Morgan fingerprint density at radius 1 is 0.688 bits per heavy atom. The third-order valence-corrected chi connectivity index (χ3v) is 4.83. The first-order chi connectivity index (χ1) is 15.3. The first-order valence-electron chi connectivity index (χ1n) is 9.57. The highest BCUT2D eigenvalue weighted by Gasteiger charge is 2.13. The molecular weight excluding hydrogens is 414 g/mol. The SMILES string of the molecule is Cc1cc(Oc2ccc3ccc(Oc4ccc([N+](=O)[O-])c(C)c4)nc3c2)ccc1[N+](=O)[O-]. The van der Waals surface area contributed by atoms with Gasteiger partial charge in [-0.3, -0.25) is 20.2 Å². The number of aryl methyl sites for hydroxylation is 2. The highest BCUT2D eigenvalue weighted by atomic mass is 16.6. The van der Waals surface area contributed by atoms with Gasteiger partial charge in [-0.1, -0.05) is 0 Å². The molecule has 0 aliphatic rings. The monoisotopic (exact) mass is 431 g/mol. The summed E-state index contributed by atoms with van der Waals surface area (Å²) in [7, 11) is 0. The summed E-state index contributed by atoms with van der Waals surface area (Å²) < 4.78 is 11.6. The number of hydrogen-bond donors (Lipinski definition) is 0. The number of aromatic nitrogens is 1. The summed E-state index contributed by atoms with van der Waals surface area (Å²) in [4.78, 5) is 25.6. The van der Waals surface area contributed by atoms with Crippen molar-refractivity contribution in [2.75, 3.05) is 0 Å². The van der Waals surface area contributed by atoms with Crippen LogP contribution in [0.15, 0.2) is 66.7 Å². The number of nitrogens with zero attached hydrogens (tertiary/aromatic N) is 3. The molecule has 0 atom stereocenters. The van der Waals surface area contributed by atoms with Crippen molar-refractivity contribution in [2.24, 2.45) is 0 Å². The quantitative estimate of drug-likeness (QED) is 0.261. The van der Waals surface area contributed by atoms with Crippen molar-refractivity contribution in [1.82, 2.24) is 4.98 Å². The van der Waals surface area contributed by atoms with Crippen molar-refractivity contribution in [3.05, 3.63) is 98.1 Å². The molecule has 0 fully saturated rings. The smallest absolute Gasteiger partial charge is 0.272 e. The highest BCUT2D eigenvalue weighted by molar-refractivity contribution is 5.80. The molecular formula is C23H17N3O6. The van der Waals surface area contributed by atoms with E-state index < -0.39 is 9.85 Å². The summed E-state index contributed by atoms with van der Waals surface area (Å²) in [6, 6.07) is 18.0. The zero-order valence-corrected chi connectivity index (χ0v) is 17.1. The number of rotatable bonds is 6. The lowest BCUT2D eigenvalue weighted by molar-refractivity contribution is -0.385. The lowest BCUT2D eigenvalue weighted by atomic mass is 10.2. The Hall–Kier alpha value is -4.53. The molecule has 0 unspecified atom stereocenters. The molecule has 4 rings (SSSR count). The van der Waals surface area contributed by atoms with Gasteiger partial charge in [0, 0.05) is 40.8 Å². The van der Waals surface area contributed by atoms with Crippen LogP contribution in [0.4, 0.5) is 11.4 Å². The third kappa shape index (κ3) is 4.31. The topological polar surface area (TPSA) is 118 Å². The molecule has 0 radical (unpaired) electrons. The normalized spacial score (nSPS) is 10.7. The van der Waals surface area contributed by atoms with Crippen molar-refractivity contribution in [2.45, 2.75) is 13.8 Å². The number of hydrogen-bond acceptors (Lipinski definition) is 7. The minimum Gasteiger partial charge on any atom is -0.457 e. The van der Waals surface area contributed by atoms with E-state index in [0.29, 0.717) is 39.8 Å². The lowest BCUT2D eigenvalue weighted by Gasteiger charge is -2.09. The zero-order valence-electron chi connectivity index (χ0n) is 17.1. The number of ether oxygens (including phenoxy) is 2. The van der Waals surface area contributed by atoms with Gasteiger partial charge in [0.15, 0.2) is 0 Å². The van der Waals surface area contributed by atoms with Crippen LogP contribution in [0.3, 0.4) is 0 Å². The molecule has 160 valence electrons. The van der Waals surface area contributed by atoms with Gasteiger partial charge in [0.1, 0.15) is 17.2 Å². The number of nitro groups is 2. The second kappa shape index (κ2) is 8.31. The number of benzene rings is 3. The summed E-state index contributed by atoms with van der Waals surface area (Å²) in [5.74, 6) is 1.76. The van der Waals surface area contributed by atoms with Crippen molar-refractivity contribution in [1.29, 1.82) is 0 Å². The van der Waals surface area contributed by atoms with Gasteiger partial charge in [0.25, 0.3) is 11.4 Å². The van der Waals surface area contributed by atoms with Gasteiger partial charge >= 0.3 is 0 Å². The summed E-state index contributed by atoms with van der Waals surface area (Å²) in [5.41, 5.74) is 1.66. The summed E-state index contributed by atoms with van der Waals surface area (Å²) in [6.45, 7) is 3.29. The summed E-state index contributed by atoms with van der Waals surface area (Å²) >= 11 is 0. The predicted molar refractivity (Wildman–Crippen MR) is 118 cm³/mol. The Morgan fingerprint density at radius 3 is 1.75 bits per heavy atom. The van der Waals surface area contributed by atoms with Crippen molar-refractivity contribution < 1.29 is 19.3 Å². The maximum absolute atomic E-state index is 11.0. The van der Waals surface area contributed by atoms with Crippen LogP contribution in [-0.2, 0) is 0 Å². The largest absolute Gasteiger partial charge is 0.457 e. The standard InChI is InChI=1S/C23H17N3O6/c1-14-11-17(6-8-21(14)25(27)28)31-19-5-3-16-4-10-23(24-20(16)13-19)32-18-7-9-22(26(29)30)15(2)12-18/h3-13H,1-2H3. The molecule has 3 aromatic carbocycles. The van der Waals surface area contributed by atoms with E-state index in [-0.39, 0.29) is 11.4 Å². The van der Waals surface area contributed by atoms with Gasteiger partial charge in [-0.25, -0.2) is 4.98 Å². The minimum atomic E-state index is -0.443. The molecule has 0 aliphatic heterocycles. The van der Waals surface area contributed by atoms with Crippen LogP contribution in [-0.4, -0.2) is 14.8 Å². The molecule has 0 saturated heterocycles. The van der Waals surface area contributed by atoms with Crippen LogP contribution < -0.4 is 9.47 Å². The predicted octanol–water partition coefficient (Wildman–Crippen LogP) is 6.25. The van der Waals surface area contributed by atoms with Crippen LogP contribution >= 0.6 is 0 Å². The average molecular weight is 431 g/mol. The van der Waals surface area contributed by atoms with E-state index in [9.17, 15) is 20.2 Å². The number of nitro benzene ring substituents is 2. The van der Waals surface area contributed by atoms with Gasteiger partial charge in [0.2, 0.25) is 5.88 Å². The first kappa shape index (κ1) is 20.7. The maximum Gasteiger partial charge on any atom is 0.272 e. The van der Waals surface area contributed by atoms with E-state index in [2.05, 4.69) is 4.98 Å². The van der Waals surface area contributed by atoms with Crippen molar-refractivity contribution >= 4 is 22.3 Å².